The molecule has 146 valence electrons. The number of urea groups is 1. The Morgan fingerprint density at radius 1 is 1.16 bits per heavy atom. The predicted octanol–water partition coefficient (Wildman–Crippen LogP) is 0.536. The van der Waals surface area contributed by atoms with E-state index in [1.165, 1.54) is 0 Å². The van der Waals surface area contributed by atoms with Crippen molar-refractivity contribution in [1.29, 1.82) is 0 Å². The number of amides is 2. The molecule has 2 rings (SSSR count). The van der Waals surface area contributed by atoms with Gasteiger partial charge in [-0.1, -0.05) is 0 Å². The zero-order valence-electron chi connectivity index (χ0n) is 14.5. The van der Waals surface area contributed by atoms with Gasteiger partial charge in [0.05, 0.1) is 12.1 Å². The number of hydrogen-bond acceptors (Lipinski definition) is 5. The van der Waals surface area contributed by atoms with E-state index in [0.29, 0.717) is 25.9 Å². The van der Waals surface area contributed by atoms with Crippen LogP contribution in [0, 0.1) is 5.92 Å². The molecule has 3 atom stereocenters. The zero-order chi connectivity index (χ0) is 18.4. The van der Waals surface area contributed by atoms with E-state index < -0.39 is 18.4 Å². The fraction of sp³-hybridized carbons (Fsp3) is 0.933. The number of carbonyl (C=O) groups is 1. The van der Waals surface area contributed by atoms with E-state index in [9.17, 15) is 18.0 Å². The molecule has 25 heavy (non-hydrogen) atoms. The molecule has 2 aliphatic rings. The van der Waals surface area contributed by atoms with Gasteiger partial charge in [0, 0.05) is 25.2 Å². The van der Waals surface area contributed by atoms with Crippen LogP contribution in [0.1, 0.15) is 39.0 Å². The van der Waals surface area contributed by atoms with E-state index >= 15 is 0 Å². The van der Waals surface area contributed by atoms with Gasteiger partial charge in [-0.3, -0.25) is 10.6 Å². The molecule has 0 aromatic rings. The number of carbonyl (C=O) groups excluding carboxylic acids is 1. The molecule has 1 heterocycles. The maximum Gasteiger partial charge on any atom is 0.391 e. The topological polar surface area (TPSA) is 103 Å². The van der Waals surface area contributed by atoms with Gasteiger partial charge in [0.2, 0.25) is 0 Å². The lowest BCUT2D eigenvalue weighted by Gasteiger charge is -2.37. The van der Waals surface area contributed by atoms with Crippen LogP contribution in [0.4, 0.5) is 18.0 Å². The summed E-state index contributed by atoms with van der Waals surface area (Å²) in [7, 11) is 0. The first kappa shape index (κ1) is 20.2. The number of halogens is 3. The van der Waals surface area contributed by atoms with Crippen LogP contribution < -0.4 is 32.3 Å². The molecule has 1 saturated heterocycles. The second-order valence-corrected chi connectivity index (χ2v) is 6.91. The molecular weight excluding hydrogens is 337 g/mol. The Kier molecular flexibility index (Phi) is 7.29. The first-order valence-corrected chi connectivity index (χ1v) is 8.87. The molecule has 3 unspecified atom stereocenters. The normalized spacial score (nSPS) is 33.7. The summed E-state index contributed by atoms with van der Waals surface area (Å²) < 4.78 is 38.0. The third-order valence-electron chi connectivity index (χ3n) is 4.74. The summed E-state index contributed by atoms with van der Waals surface area (Å²) in [5.74, 6) is -1.24. The van der Waals surface area contributed by atoms with Crippen molar-refractivity contribution in [3.05, 3.63) is 0 Å². The van der Waals surface area contributed by atoms with Crippen molar-refractivity contribution in [3.8, 4) is 0 Å². The van der Waals surface area contributed by atoms with Gasteiger partial charge in [-0.15, -0.1) is 0 Å². The molecule has 7 N–H and O–H groups in total. The van der Waals surface area contributed by atoms with Crippen molar-refractivity contribution in [2.45, 2.75) is 69.7 Å². The quantitative estimate of drug-likeness (QED) is 0.426. The smallest absolute Gasteiger partial charge is 0.335 e. The Hall–Kier alpha value is -1.10. The number of nitrogens with two attached hydrogens (primary N) is 1. The van der Waals surface area contributed by atoms with E-state index in [4.69, 9.17) is 5.73 Å². The number of hydrogen-bond donors (Lipinski definition) is 6. The summed E-state index contributed by atoms with van der Waals surface area (Å²) in [4.78, 5) is 12.1. The number of nitrogens with one attached hydrogen (secondary N) is 5. The molecule has 2 amide bonds. The largest absolute Gasteiger partial charge is 0.391 e. The van der Waals surface area contributed by atoms with Crippen LogP contribution in [0.3, 0.4) is 0 Å². The van der Waals surface area contributed by atoms with Gasteiger partial charge in [-0.05, 0) is 39.0 Å². The minimum atomic E-state index is -4.13. The molecule has 0 bridgehead atoms. The van der Waals surface area contributed by atoms with Gasteiger partial charge in [0.15, 0.2) is 0 Å². The molecule has 1 aliphatic carbocycles. The van der Waals surface area contributed by atoms with Gasteiger partial charge >= 0.3 is 12.2 Å². The third kappa shape index (κ3) is 6.61. The number of rotatable bonds is 5. The van der Waals surface area contributed by atoms with Crippen molar-refractivity contribution in [1.82, 2.24) is 26.6 Å². The van der Waals surface area contributed by atoms with Crippen molar-refractivity contribution in [2.75, 3.05) is 13.1 Å². The summed E-state index contributed by atoms with van der Waals surface area (Å²) >= 11 is 0. The standard InChI is InChI=1S/C15H29F3N6O/c1-9-8-12(20-7-6-19)23-13(21-9)24-14(25)22-11-4-2-10(3-5-11)15(16,17)18/h9-13,20-21,23H,2-8,19H2,1H3,(H2,22,24,25). The van der Waals surface area contributed by atoms with Gasteiger partial charge in [-0.2, -0.15) is 13.2 Å². The van der Waals surface area contributed by atoms with Crippen LogP contribution in [0.2, 0.25) is 0 Å². The molecule has 0 aromatic carbocycles. The molecule has 1 saturated carbocycles. The predicted molar refractivity (Wildman–Crippen MR) is 88.5 cm³/mol. The second kappa shape index (κ2) is 9.02. The maximum atomic E-state index is 12.7. The Bertz CT molecular complexity index is 428. The molecule has 0 aromatic heterocycles. The van der Waals surface area contributed by atoms with Crippen LogP contribution in [0.25, 0.3) is 0 Å². The van der Waals surface area contributed by atoms with E-state index in [-0.39, 0.29) is 37.1 Å². The Labute approximate surface area is 146 Å². The average molecular weight is 366 g/mol. The van der Waals surface area contributed by atoms with Crippen molar-refractivity contribution in [3.63, 3.8) is 0 Å². The number of alkyl halides is 3. The highest BCUT2D eigenvalue weighted by atomic mass is 19.4. The lowest BCUT2D eigenvalue weighted by Crippen LogP contribution is -2.68. The SMILES string of the molecule is CC1CC(NCCN)NC(NC(=O)NC2CCC(C(F)(F)F)CC2)N1. The monoisotopic (exact) mass is 366 g/mol. The van der Waals surface area contributed by atoms with Gasteiger partial charge in [0.25, 0.3) is 0 Å². The van der Waals surface area contributed by atoms with E-state index in [1.807, 2.05) is 6.92 Å². The first-order chi connectivity index (χ1) is 11.8. The maximum absolute atomic E-state index is 12.7. The summed E-state index contributed by atoms with van der Waals surface area (Å²) in [6.45, 7) is 3.22. The molecule has 2 fully saturated rings. The summed E-state index contributed by atoms with van der Waals surface area (Å²) in [6.07, 6.45) is -2.84. The van der Waals surface area contributed by atoms with Gasteiger partial charge < -0.3 is 21.7 Å². The van der Waals surface area contributed by atoms with Crippen LogP contribution >= 0.6 is 0 Å². The molecule has 0 radical (unpaired) electrons. The summed E-state index contributed by atoms with van der Waals surface area (Å²) in [6, 6.07) is -0.401. The van der Waals surface area contributed by atoms with E-state index in [2.05, 4.69) is 26.6 Å². The lowest BCUT2D eigenvalue weighted by molar-refractivity contribution is -0.182. The van der Waals surface area contributed by atoms with Crippen molar-refractivity contribution < 1.29 is 18.0 Å². The minimum absolute atomic E-state index is 0.0346. The Morgan fingerprint density at radius 3 is 2.44 bits per heavy atom. The van der Waals surface area contributed by atoms with Crippen LogP contribution in [0.5, 0.6) is 0 Å². The fourth-order valence-corrected chi connectivity index (χ4v) is 3.43. The molecular formula is C15H29F3N6O. The summed E-state index contributed by atoms with van der Waals surface area (Å²) in [5, 5.41) is 15.2. The first-order valence-electron chi connectivity index (χ1n) is 8.87. The van der Waals surface area contributed by atoms with Gasteiger partial charge in [0.1, 0.15) is 6.29 Å². The third-order valence-corrected chi connectivity index (χ3v) is 4.74. The fourth-order valence-electron chi connectivity index (χ4n) is 3.43. The Morgan fingerprint density at radius 2 is 1.84 bits per heavy atom. The molecule has 7 nitrogen and oxygen atoms in total. The van der Waals surface area contributed by atoms with E-state index in [0.717, 1.165) is 6.42 Å². The lowest BCUT2D eigenvalue weighted by atomic mass is 9.86. The Balaban J connectivity index is 1.73. The highest BCUT2D eigenvalue weighted by Crippen LogP contribution is 2.37. The average Bonchev–Trinajstić information content (AvgIpc) is 2.52. The molecule has 10 heteroatoms. The molecule has 0 spiro atoms. The molecule has 1 aliphatic heterocycles. The minimum Gasteiger partial charge on any atom is -0.335 e. The van der Waals surface area contributed by atoms with Crippen molar-refractivity contribution in [2.24, 2.45) is 11.7 Å². The highest BCUT2D eigenvalue weighted by molar-refractivity contribution is 5.74. The summed E-state index contributed by atoms with van der Waals surface area (Å²) in [5.41, 5.74) is 5.48. The van der Waals surface area contributed by atoms with Crippen LogP contribution in [-0.4, -0.2) is 49.8 Å². The van der Waals surface area contributed by atoms with Gasteiger partial charge in [-0.25, -0.2) is 4.79 Å². The highest BCUT2D eigenvalue weighted by Gasteiger charge is 2.41. The van der Waals surface area contributed by atoms with E-state index in [1.54, 1.807) is 0 Å². The van der Waals surface area contributed by atoms with Crippen LogP contribution in [-0.2, 0) is 0 Å². The second-order valence-electron chi connectivity index (χ2n) is 6.91. The van der Waals surface area contributed by atoms with Crippen molar-refractivity contribution >= 4 is 6.03 Å². The van der Waals surface area contributed by atoms with Crippen LogP contribution in [0.15, 0.2) is 0 Å². The zero-order valence-corrected chi connectivity index (χ0v) is 14.5.